The molecule has 7 nitrogen and oxygen atoms in total. The van der Waals surface area contributed by atoms with Crippen LogP contribution < -0.4 is 5.32 Å². The Bertz CT molecular complexity index is 659. The first-order valence-electron chi connectivity index (χ1n) is 5.78. The third kappa shape index (κ3) is 3.52. The van der Waals surface area contributed by atoms with Gasteiger partial charge in [-0.25, -0.2) is 0 Å². The van der Waals surface area contributed by atoms with Crippen molar-refractivity contribution in [2.75, 3.05) is 5.32 Å². The van der Waals surface area contributed by atoms with Crippen LogP contribution in [0.15, 0.2) is 42.6 Å². The van der Waals surface area contributed by atoms with E-state index in [9.17, 15) is 14.9 Å². The number of nitro benzene ring substituents is 1. The lowest BCUT2D eigenvalue weighted by atomic mass is 10.2. The lowest BCUT2D eigenvalue weighted by Crippen LogP contribution is -2.08. The van der Waals surface area contributed by atoms with Gasteiger partial charge in [0.05, 0.1) is 4.92 Å². The Labute approximate surface area is 114 Å². The van der Waals surface area contributed by atoms with Crippen LogP contribution in [0.25, 0.3) is 6.08 Å². The van der Waals surface area contributed by atoms with Crippen molar-refractivity contribution in [3.8, 4) is 0 Å². The molecular weight excluding hydrogens is 260 g/mol. The van der Waals surface area contributed by atoms with Crippen LogP contribution in [-0.4, -0.2) is 20.6 Å². The summed E-state index contributed by atoms with van der Waals surface area (Å²) in [5, 5.41) is 17.1. The standard InChI is InChI=1S/C13H12N4O3/c1-16-9-8-12(15-16)14-13(18)7-4-10-2-5-11(6-3-10)17(19)20/h2-9H,1H3,(H,14,15,18)/b7-4+. The molecule has 1 heterocycles. The number of non-ortho nitro benzene ring substituents is 1. The van der Waals surface area contributed by atoms with Gasteiger partial charge in [-0.05, 0) is 23.8 Å². The minimum atomic E-state index is -0.471. The number of nitrogens with zero attached hydrogens (tertiary/aromatic N) is 3. The van der Waals surface area contributed by atoms with Crippen molar-refractivity contribution in [1.29, 1.82) is 0 Å². The number of amides is 1. The molecule has 0 saturated carbocycles. The molecule has 0 spiro atoms. The maximum absolute atomic E-state index is 11.6. The third-order valence-corrected chi connectivity index (χ3v) is 2.50. The number of aryl methyl sites for hydroxylation is 1. The summed E-state index contributed by atoms with van der Waals surface area (Å²) in [7, 11) is 1.75. The van der Waals surface area contributed by atoms with Gasteiger partial charge >= 0.3 is 0 Å². The first kappa shape index (κ1) is 13.5. The van der Waals surface area contributed by atoms with Gasteiger partial charge in [-0.2, -0.15) is 5.10 Å². The Morgan fingerprint density at radius 2 is 2.05 bits per heavy atom. The summed E-state index contributed by atoms with van der Waals surface area (Å²) in [5.74, 6) is 0.146. The van der Waals surface area contributed by atoms with E-state index < -0.39 is 4.92 Å². The van der Waals surface area contributed by atoms with Crippen LogP contribution in [0.1, 0.15) is 5.56 Å². The van der Waals surface area contributed by atoms with Crippen LogP contribution in [0.4, 0.5) is 11.5 Å². The number of hydrogen-bond donors (Lipinski definition) is 1. The van der Waals surface area contributed by atoms with E-state index >= 15 is 0 Å². The van der Waals surface area contributed by atoms with Crippen LogP contribution in [0.5, 0.6) is 0 Å². The zero-order valence-corrected chi connectivity index (χ0v) is 10.7. The maximum Gasteiger partial charge on any atom is 0.269 e. The van der Waals surface area contributed by atoms with Crippen LogP contribution in [0.3, 0.4) is 0 Å². The van der Waals surface area contributed by atoms with E-state index in [1.807, 2.05) is 0 Å². The summed E-state index contributed by atoms with van der Waals surface area (Å²) in [4.78, 5) is 21.6. The molecule has 0 fully saturated rings. The molecule has 20 heavy (non-hydrogen) atoms. The predicted molar refractivity (Wildman–Crippen MR) is 74.0 cm³/mol. The van der Waals surface area contributed by atoms with Gasteiger partial charge in [-0.3, -0.25) is 19.6 Å². The van der Waals surface area contributed by atoms with E-state index in [1.54, 1.807) is 42.2 Å². The van der Waals surface area contributed by atoms with Crippen LogP contribution >= 0.6 is 0 Å². The Balaban J connectivity index is 1.98. The fourth-order valence-electron chi connectivity index (χ4n) is 1.53. The molecule has 0 unspecified atom stereocenters. The summed E-state index contributed by atoms with van der Waals surface area (Å²) in [6.45, 7) is 0. The number of hydrogen-bond acceptors (Lipinski definition) is 4. The molecule has 1 N–H and O–H groups in total. The van der Waals surface area contributed by atoms with E-state index in [0.717, 1.165) is 0 Å². The number of nitrogens with one attached hydrogen (secondary N) is 1. The predicted octanol–water partition coefficient (Wildman–Crippen LogP) is 1.98. The molecule has 0 radical (unpaired) electrons. The highest BCUT2D eigenvalue weighted by molar-refractivity contribution is 6.01. The Morgan fingerprint density at radius 3 is 2.60 bits per heavy atom. The SMILES string of the molecule is Cn1ccc(NC(=O)/C=C/c2ccc([N+](=O)[O-])cc2)n1. The van der Waals surface area contributed by atoms with Crippen LogP contribution in [0.2, 0.25) is 0 Å². The summed E-state index contributed by atoms with van der Waals surface area (Å²) >= 11 is 0. The molecule has 0 bridgehead atoms. The van der Waals surface area contributed by atoms with E-state index in [1.165, 1.54) is 18.2 Å². The van der Waals surface area contributed by atoms with Gasteiger partial charge in [-0.1, -0.05) is 0 Å². The van der Waals surface area contributed by atoms with Gasteiger partial charge in [-0.15, -0.1) is 0 Å². The Hall–Kier alpha value is -2.96. The molecule has 0 aliphatic carbocycles. The number of aromatic nitrogens is 2. The van der Waals surface area contributed by atoms with Crippen molar-refractivity contribution in [3.63, 3.8) is 0 Å². The molecule has 0 saturated heterocycles. The molecule has 7 heteroatoms. The summed E-state index contributed by atoms with van der Waals surface area (Å²) in [6, 6.07) is 7.59. The van der Waals surface area contributed by atoms with Crippen molar-refractivity contribution in [2.45, 2.75) is 0 Å². The monoisotopic (exact) mass is 272 g/mol. The molecule has 1 aromatic heterocycles. The lowest BCUT2D eigenvalue weighted by molar-refractivity contribution is -0.384. The largest absolute Gasteiger partial charge is 0.306 e. The highest BCUT2D eigenvalue weighted by Gasteiger charge is 2.03. The van der Waals surface area contributed by atoms with E-state index in [4.69, 9.17) is 0 Å². The summed E-state index contributed by atoms with van der Waals surface area (Å²) < 4.78 is 1.58. The second kappa shape index (κ2) is 5.79. The summed E-state index contributed by atoms with van der Waals surface area (Å²) in [6.07, 6.45) is 4.63. The van der Waals surface area contributed by atoms with Crippen molar-refractivity contribution in [2.24, 2.45) is 7.05 Å². The van der Waals surface area contributed by atoms with Crippen LogP contribution in [0, 0.1) is 10.1 Å². The third-order valence-electron chi connectivity index (χ3n) is 2.50. The molecule has 0 aliphatic heterocycles. The lowest BCUT2D eigenvalue weighted by Gasteiger charge is -1.96. The quantitative estimate of drug-likeness (QED) is 0.523. The van der Waals surface area contributed by atoms with Gasteiger partial charge < -0.3 is 5.32 Å². The van der Waals surface area contributed by atoms with Gasteiger partial charge in [0.15, 0.2) is 5.82 Å². The van der Waals surface area contributed by atoms with E-state index in [2.05, 4.69) is 10.4 Å². The van der Waals surface area contributed by atoms with E-state index in [0.29, 0.717) is 11.4 Å². The first-order valence-corrected chi connectivity index (χ1v) is 5.78. The average Bonchev–Trinajstić information content (AvgIpc) is 2.82. The van der Waals surface area contributed by atoms with Gasteiger partial charge in [0.25, 0.3) is 5.69 Å². The molecule has 0 aliphatic rings. The van der Waals surface area contributed by atoms with E-state index in [-0.39, 0.29) is 11.6 Å². The zero-order chi connectivity index (χ0) is 14.5. The molecular formula is C13H12N4O3. The molecule has 102 valence electrons. The topological polar surface area (TPSA) is 90.1 Å². The minimum absolute atomic E-state index is 0.0140. The first-order chi connectivity index (χ1) is 9.54. The Morgan fingerprint density at radius 1 is 1.35 bits per heavy atom. The molecule has 0 atom stereocenters. The fourth-order valence-corrected chi connectivity index (χ4v) is 1.53. The second-order valence-corrected chi connectivity index (χ2v) is 4.05. The number of carbonyl (C=O) groups excluding carboxylic acids is 1. The van der Waals surface area contributed by atoms with Crippen molar-refractivity contribution >= 4 is 23.5 Å². The maximum atomic E-state index is 11.6. The van der Waals surface area contributed by atoms with Gasteiger partial charge in [0.1, 0.15) is 0 Å². The van der Waals surface area contributed by atoms with Crippen LogP contribution in [-0.2, 0) is 11.8 Å². The normalized spacial score (nSPS) is 10.7. The Kier molecular flexibility index (Phi) is 3.90. The van der Waals surface area contributed by atoms with Crippen molar-refractivity contribution < 1.29 is 9.72 Å². The average molecular weight is 272 g/mol. The van der Waals surface area contributed by atoms with Gasteiger partial charge in [0.2, 0.25) is 5.91 Å². The number of rotatable bonds is 4. The molecule has 2 rings (SSSR count). The number of anilines is 1. The zero-order valence-electron chi connectivity index (χ0n) is 10.7. The summed E-state index contributed by atoms with van der Waals surface area (Å²) in [5.41, 5.74) is 0.715. The molecule has 1 aromatic carbocycles. The smallest absolute Gasteiger partial charge is 0.269 e. The van der Waals surface area contributed by atoms with Crippen molar-refractivity contribution in [3.05, 3.63) is 58.3 Å². The number of nitro groups is 1. The number of benzene rings is 1. The number of carbonyl (C=O) groups is 1. The van der Waals surface area contributed by atoms with Crippen molar-refractivity contribution in [1.82, 2.24) is 9.78 Å². The molecule has 1 amide bonds. The highest BCUT2D eigenvalue weighted by atomic mass is 16.6. The fraction of sp³-hybridized carbons (Fsp3) is 0.0769. The molecule has 2 aromatic rings. The minimum Gasteiger partial charge on any atom is -0.306 e. The second-order valence-electron chi connectivity index (χ2n) is 4.05. The van der Waals surface area contributed by atoms with Gasteiger partial charge in [0, 0.05) is 37.5 Å². The highest BCUT2D eigenvalue weighted by Crippen LogP contribution is 2.12.